The van der Waals surface area contributed by atoms with Crippen LogP contribution in [0.25, 0.3) is 0 Å². The molecule has 0 amide bonds. The normalized spacial score (nSPS) is 10.2. The van der Waals surface area contributed by atoms with Gasteiger partial charge in [-0.15, -0.1) is 0 Å². The molecule has 0 saturated heterocycles. The molecule has 1 aromatic carbocycles. The lowest BCUT2D eigenvalue weighted by Gasteiger charge is -2.04. The summed E-state index contributed by atoms with van der Waals surface area (Å²) in [4.78, 5) is 11.3. The van der Waals surface area contributed by atoms with Gasteiger partial charge in [-0.25, -0.2) is 4.39 Å². The zero-order chi connectivity index (χ0) is 10.6. The molecule has 0 aliphatic rings. The van der Waals surface area contributed by atoms with Crippen molar-refractivity contribution in [3.63, 3.8) is 0 Å². The molecule has 0 aliphatic heterocycles. The minimum absolute atomic E-state index is 0.187. The van der Waals surface area contributed by atoms with Gasteiger partial charge in [0.05, 0.1) is 5.75 Å². The van der Waals surface area contributed by atoms with Crippen molar-refractivity contribution < 1.29 is 9.18 Å². The smallest absolute Gasteiger partial charge is 0.147 e. The first-order valence-corrected chi connectivity index (χ1v) is 5.78. The molecule has 14 heavy (non-hydrogen) atoms. The molecule has 0 bridgehead atoms. The Morgan fingerprint density at radius 1 is 1.50 bits per heavy atom. The standard InChI is InChI=1S/C11H13FOS/c1-8-5-10(12)4-3-9(8)6-11(13)7-14-2/h3-5H,6-7H2,1-2H3. The van der Waals surface area contributed by atoms with Crippen LogP contribution < -0.4 is 0 Å². The summed E-state index contributed by atoms with van der Waals surface area (Å²) >= 11 is 1.51. The van der Waals surface area contributed by atoms with E-state index in [0.717, 1.165) is 11.1 Å². The summed E-state index contributed by atoms with van der Waals surface area (Å²) < 4.78 is 12.7. The van der Waals surface area contributed by atoms with Crippen LogP contribution in [-0.2, 0) is 11.2 Å². The van der Waals surface area contributed by atoms with E-state index in [1.54, 1.807) is 6.07 Å². The molecule has 76 valence electrons. The number of benzene rings is 1. The van der Waals surface area contributed by atoms with E-state index in [1.165, 1.54) is 23.9 Å². The van der Waals surface area contributed by atoms with Crippen molar-refractivity contribution in [1.82, 2.24) is 0 Å². The molecular formula is C11H13FOS. The van der Waals surface area contributed by atoms with E-state index in [4.69, 9.17) is 0 Å². The van der Waals surface area contributed by atoms with Crippen molar-refractivity contribution in [2.45, 2.75) is 13.3 Å². The Kier molecular flexibility index (Phi) is 4.14. The highest BCUT2D eigenvalue weighted by molar-refractivity contribution is 7.99. The van der Waals surface area contributed by atoms with Gasteiger partial charge < -0.3 is 0 Å². The fraction of sp³-hybridized carbons (Fsp3) is 0.364. The summed E-state index contributed by atoms with van der Waals surface area (Å²) in [5.74, 6) is 0.465. The number of thioether (sulfide) groups is 1. The first-order chi connectivity index (χ1) is 6.63. The van der Waals surface area contributed by atoms with Crippen LogP contribution in [0.15, 0.2) is 18.2 Å². The van der Waals surface area contributed by atoms with Gasteiger partial charge in [0.25, 0.3) is 0 Å². The van der Waals surface area contributed by atoms with Crippen molar-refractivity contribution in [1.29, 1.82) is 0 Å². The molecular weight excluding hydrogens is 199 g/mol. The number of hydrogen-bond acceptors (Lipinski definition) is 2. The molecule has 0 radical (unpaired) electrons. The minimum Gasteiger partial charge on any atom is -0.298 e. The number of rotatable bonds is 4. The number of carbonyl (C=O) groups excluding carboxylic acids is 1. The molecule has 0 saturated carbocycles. The van der Waals surface area contributed by atoms with Gasteiger partial charge in [0.2, 0.25) is 0 Å². The Labute approximate surface area is 87.7 Å². The first-order valence-electron chi connectivity index (χ1n) is 4.39. The minimum atomic E-state index is -0.247. The highest BCUT2D eigenvalue weighted by Gasteiger charge is 2.05. The monoisotopic (exact) mass is 212 g/mol. The average Bonchev–Trinajstić information content (AvgIpc) is 2.10. The predicted octanol–water partition coefficient (Wildman–Crippen LogP) is 2.61. The molecule has 0 aromatic heterocycles. The highest BCUT2D eigenvalue weighted by atomic mass is 32.2. The molecule has 1 rings (SSSR count). The van der Waals surface area contributed by atoms with Gasteiger partial charge in [-0.3, -0.25) is 4.79 Å². The van der Waals surface area contributed by atoms with Crippen molar-refractivity contribution in [2.24, 2.45) is 0 Å². The molecule has 0 aliphatic carbocycles. The van der Waals surface area contributed by atoms with E-state index < -0.39 is 0 Å². The van der Waals surface area contributed by atoms with Gasteiger partial charge >= 0.3 is 0 Å². The topological polar surface area (TPSA) is 17.1 Å². The molecule has 0 unspecified atom stereocenters. The SMILES string of the molecule is CSCC(=O)Cc1ccc(F)cc1C. The number of hydrogen-bond donors (Lipinski definition) is 0. The number of ketones is 1. The molecule has 1 aromatic rings. The lowest BCUT2D eigenvalue weighted by Crippen LogP contribution is -2.06. The van der Waals surface area contributed by atoms with Gasteiger partial charge in [-0.1, -0.05) is 6.07 Å². The molecule has 0 atom stereocenters. The van der Waals surface area contributed by atoms with Crippen molar-refractivity contribution in [2.75, 3.05) is 12.0 Å². The van der Waals surface area contributed by atoms with Gasteiger partial charge in [0.1, 0.15) is 11.6 Å². The Balaban J connectivity index is 2.72. The first kappa shape index (κ1) is 11.2. The number of carbonyl (C=O) groups is 1. The van der Waals surface area contributed by atoms with E-state index in [-0.39, 0.29) is 11.6 Å². The number of halogens is 1. The van der Waals surface area contributed by atoms with Gasteiger partial charge in [-0.05, 0) is 36.4 Å². The number of Topliss-reactive ketones (excluding diaryl/α,β-unsaturated/α-hetero) is 1. The molecule has 0 spiro atoms. The number of aryl methyl sites for hydroxylation is 1. The average molecular weight is 212 g/mol. The van der Waals surface area contributed by atoms with Crippen LogP contribution in [-0.4, -0.2) is 17.8 Å². The Bertz CT molecular complexity index is 336. The third-order valence-corrected chi connectivity index (χ3v) is 2.61. The van der Waals surface area contributed by atoms with Crippen molar-refractivity contribution >= 4 is 17.5 Å². The summed E-state index contributed by atoms with van der Waals surface area (Å²) in [7, 11) is 0. The highest BCUT2D eigenvalue weighted by Crippen LogP contribution is 2.11. The Hall–Kier alpha value is -0.830. The van der Waals surface area contributed by atoms with Gasteiger partial charge in [-0.2, -0.15) is 11.8 Å². The summed E-state index contributed by atoms with van der Waals surface area (Å²) in [5, 5.41) is 0. The second-order valence-electron chi connectivity index (χ2n) is 3.22. The van der Waals surface area contributed by atoms with Crippen molar-refractivity contribution in [3.8, 4) is 0 Å². The van der Waals surface area contributed by atoms with Crippen LogP contribution >= 0.6 is 11.8 Å². The maximum atomic E-state index is 12.7. The third kappa shape index (κ3) is 3.14. The van der Waals surface area contributed by atoms with Crippen LogP contribution in [0.1, 0.15) is 11.1 Å². The third-order valence-electron chi connectivity index (χ3n) is 2.00. The Morgan fingerprint density at radius 2 is 2.21 bits per heavy atom. The molecule has 0 fully saturated rings. The molecule has 0 heterocycles. The Morgan fingerprint density at radius 3 is 2.79 bits per heavy atom. The second-order valence-corrected chi connectivity index (χ2v) is 4.09. The van der Waals surface area contributed by atoms with E-state index in [2.05, 4.69) is 0 Å². The maximum absolute atomic E-state index is 12.7. The summed E-state index contributed by atoms with van der Waals surface area (Å²) in [5.41, 5.74) is 1.77. The predicted molar refractivity (Wildman–Crippen MR) is 58.2 cm³/mol. The summed E-state index contributed by atoms with van der Waals surface area (Å²) in [6.45, 7) is 1.82. The summed E-state index contributed by atoms with van der Waals surface area (Å²) in [6, 6.07) is 4.54. The fourth-order valence-corrected chi connectivity index (χ4v) is 1.71. The summed E-state index contributed by atoms with van der Waals surface area (Å²) in [6.07, 6.45) is 2.31. The zero-order valence-electron chi connectivity index (χ0n) is 8.34. The van der Waals surface area contributed by atoms with Crippen LogP contribution in [0.2, 0.25) is 0 Å². The van der Waals surface area contributed by atoms with Gasteiger partial charge in [0, 0.05) is 6.42 Å². The largest absolute Gasteiger partial charge is 0.298 e. The van der Waals surface area contributed by atoms with Crippen LogP contribution in [0.3, 0.4) is 0 Å². The van der Waals surface area contributed by atoms with Crippen LogP contribution in [0.4, 0.5) is 4.39 Å². The van der Waals surface area contributed by atoms with E-state index in [0.29, 0.717) is 12.2 Å². The lowest BCUT2D eigenvalue weighted by atomic mass is 10.0. The second kappa shape index (κ2) is 5.15. The van der Waals surface area contributed by atoms with Crippen LogP contribution in [0.5, 0.6) is 0 Å². The van der Waals surface area contributed by atoms with E-state index in [9.17, 15) is 9.18 Å². The van der Waals surface area contributed by atoms with Crippen LogP contribution in [0, 0.1) is 12.7 Å². The van der Waals surface area contributed by atoms with Crippen molar-refractivity contribution in [3.05, 3.63) is 35.1 Å². The maximum Gasteiger partial charge on any atom is 0.147 e. The fourth-order valence-electron chi connectivity index (χ4n) is 1.28. The van der Waals surface area contributed by atoms with E-state index >= 15 is 0 Å². The molecule has 0 N–H and O–H groups in total. The quantitative estimate of drug-likeness (QED) is 0.763. The lowest BCUT2D eigenvalue weighted by molar-refractivity contribution is -0.116. The van der Waals surface area contributed by atoms with E-state index in [1.807, 2.05) is 13.2 Å². The molecule has 3 heteroatoms. The van der Waals surface area contributed by atoms with Gasteiger partial charge in [0.15, 0.2) is 0 Å². The zero-order valence-corrected chi connectivity index (χ0v) is 9.16. The molecule has 1 nitrogen and oxygen atoms in total.